The summed E-state index contributed by atoms with van der Waals surface area (Å²) in [6.07, 6.45) is 0. The predicted molar refractivity (Wildman–Crippen MR) is 114 cm³/mol. The lowest BCUT2D eigenvalue weighted by Gasteiger charge is -2.05. The highest BCUT2D eigenvalue weighted by Gasteiger charge is 2.16. The number of anilines is 1. The molecule has 0 saturated carbocycles. The molecule has 4 aromatic rings. The fourth-order valence-electron chi connectivity index (χ4n) is 2.62. The summed E-state index contributed by atoms with van der Waals surface area (Å²) >= 11 is 6.98. The van der Waals surface area contributed by atoms with Crippen LogP contribution in [-0.2, 0) is 4.79 Å². The zero-order valence-corrected chi connectivity index (χ0v) is 16.9. The summed E-state index contributed by atoms with van der Waals surface area (Å²) < 4.78 is 14.4. The maximum atomic E-state index is 13.1. The highest BCUT2D eigenvalue weighted by Crippen LogP contribution is 2.25. The van der Waals surface area contributed by atoms with E-state index in [2.05, 4.69) is 25.7 Å². The molecule has 0 bridgehead atoms. The topological polar surface area (TPSA) is 115 Å². The van der Waals surface area contributed by atoms with E-state index in [0.717, 1.165) is 17.3 Å². The van der Waals surface area contributed by atoms with Crippen LogP contribution in [0.15, 0.2) is 59.8 Å². The van der Waals surface area contributed by atoms with E-state index in [9.17, 15) is 9.18 Å². The molecule has 30 heavy (non-hydrogen) atoms. The third kappa shape index (κ3) is 4.44. The zero-order valence-electron chi connectivity index (χ0n) is 15.3. The number of halogens is 2. The fraction of sp³-hybridized carbons (Fsp3) is 0.0526. The predicted octanol–water partition coefficient (Wildman–Crippen LogP) is 3.57. The van der Waals surface area contributed by atoms with Crippen molar-refractivity contribution in [2.75, 3.05) is 16.9 Å². The van der Waals surface area contributed by atoms with E-state index in [-0.39, 0.29) is 17.5 Å². The van der Waals surface area contributed by atoms with Crippen LogP contribution in [-0.4, -0.2) is 36.7 Å². The number of hydrogen-bond acceptors (Lipinski definition) is 6. The quantitative estimate of drug-likeness (QED) is 0.310. The van der Waals surface area contributed by atoms with Gasteiger partial charge in [-0.05, 0) is 54.6 Å². The Hall–Kier alpha value is -3.37. The van der Waals surface area contributed by atoms with E-state index in [1.165, 1.54) is 16.8 Å². The van der Waals surface area contributed by atoms with Gasteiger partial charge in [-0.25, -0.2) is 9.07 Å². The number of nitrogen functional groups attached to an aromatic ring is 1. The number of H-pyrrole nitrogens is 1. The largest absolute Gasteiger partial charge is 0.335 e. The molecule has 2 aromatic carbocycles. The summed E-state index contributed by atoms with van der Waals surface area (Å²) in [5, 5.41) is 18.9. The number of carbonyl (C=O) groups is 1. The molecule has 0 aliphatic carbocycles. The van der Waals surface area contributed by atoms with E-state index in [0.29, 0.717) is 33.1 Å². The molecule has 0 spiro atoms. The Morgan fingerprint density at radius 3 is 2.63 bits per heavy atom. The number of nitrogens with one attached hydrogen (secondary N) is 2. The van der Waals surface area contributed by atoms with Crippen molar-refractivity contribution in [3.05, 3.63) is 65.4 Å². The molecule has 0 aliphatic rings. The van der Waals surface area contributed by atoms with Gasteiger partial charge in [0.15, 0.2) is 0 Å². The van der Waals surface area contributed by atoms with Crippen LogP contribution in [0.5, 0.6) is 0 Å². The van der Waals surface area contributed by atoms with Crippen LogP contribution >= 0.6 is 23.4 Å². The van der Waals surface area contributed by atoms with Crippen molar-refractivity contribution in [2.24, 2.45) is 0 Å². The maximum Gasteiger partial charge on any atom is 0.234 e. The number of aromatic amines is 1. The smallest absolute Gasteiger partial charge is 0.234 e. The summed E-state index contributed by atoms with van der Waals surface area (Å²) in [5.41, 5.74) is 2.55. The third-order valence-electron chi connectivity index (χ3n) is 4.08. The molecule has 11 heteroatoms. The van der Waals surface area contributed by atoms with Gasteiger partial charge < -0.3 is 11.2 Å². The second-order valence-corrected chi connectivity index (χ2v) is 7.57. The van der Waals surface area contributed by atoms with E-state index in [4.69, 9.17) is 17.4 Å². The molecule has 0 unspecified atom stereocenters. The van der Waals surface area contributed by atoms with Crippen molar-refractivity contribution < 1.29 is 9.18 Å². The molecule has 0 fully saturated rings. The van der Waals surface area contributed by atoms with Crippen LogP contribution in [0, 0.1) is 5.82 Å². The number of benzene rings is 2. The van der Waals surface area contributed by atoms with Gasteiger partial charge in [-0.1, -0.05) is 23.4 Å². The van der Waals surface area contributed by atoms with Gasteiger partial charge in [0.2, 0.25) is 16.9 Å². The third-order valence-corrected chi connectivity index (χ3v) is 5.28. The van der Waals surface area contributed by atoms with Gasteiger partial charge in [-0.15, -0.1) is 10.2 Å². The minimum atomic E-state index is -0.321. The molecule has 0 aliphatic heterocycles. The van der Waals surface area contributed by atoms with Gasteiger partial charge in [0, 0.05) is 16.3 Å². The number of carbonyl (C=O) groups excluding carboxylic acids is 1. The average Bonchev–Trinajstić information content (AvgIpc) is 3.35. The summed E-state index contributed by atoms with van der Waals surface area (Å²) in [6.45, 7) is 0. The van der Waals surface area contributed by atoms with Crippen LogP contribution in [0.4, 0.5) is 10.1 Å². The van der Waals surface area contributed by atoms with Gasteiger partial charge in [0.05, 0.1) is 11.4 Å². The number of thioether (sulfide) groups is 1. The standard InChI is InChI=1S/C19H15ClFN7OS/c20-12-3-7-14(8-4-12)23-17(29)10-30-19-27-26-18(28(19)22)16-9-15(24-25-16)11-1-5-13(21)6-2-11/h1-9H,10,22H2,(H,23,29)(H,24,25). The molecule has 8 nitrogen and oxygen atoms in total. The molecule has 4 N–H and O–H groups in total. The van der Waals surface area contributed by atoms with Gasteiger partial charge in [0.25, 0.3) is 0 Å². The highest BCUT2D eigenvalue weighted by atomic mass is 35.5. The first-order valence-corrected chi connectivity index (χ1v) is 10.1. The number of nitrogens with zero attached hydrogens (tertiary/aromatic N) is 4. The van der Waals surface area contributed by atoms with Gasteiger partial charge in [-0.3, -0.25) is 9.89 Å². The molecule has 1 amide bonds. The normalized spacial score (nSPS) is 10.9. The number of hydrogen-bond donors (Lipinski definition) is 3. The van der Waals surface area contributed by atoms with Gasteiger partial charge >= 0.3 is 0 Å². The first-order valence-electron chi connectivity index (χ1n) is 8.70. The highest BCUT2D eigenvalue weighted by molar-refractivity contribution is 7.99. The minimum absolute atomic E-state index is 0.0990. The Balaban J connectivity index is 1.42. The Labute approximate surface area is 179 Å². The number of nitrogens with two attached hydrogens (primary N) is 1. The van der Waals surface area contributed by atoms with Crippen LogP contribution in [0.1, 0.15) is 0 Å². The van der Waals surface area contributed by atoms with Crippen LogP contribution < -0.4 is 11.2 Å². The molecule has 2 aromatic heterocycles. The molecule has 0 saturated heterocycles. The van der Waals surface area contributed by atoms with Crippen molar-refractivity contribution in [3.8, 4) is 22.8 Å². The molecule has 152 valence electrons. The average molecular weight is 444 g/mol. The maximum absolute atomic E-state index is 13.1. The molecule has 2 heterocycles. The molecule has 4 rings (SSSR count). The van der Waals surface area contributed by atoms with E-state index in [1.54, 1.807) is 42.5 Å². The SMILES string of the molecule is Nn1c(SCC(=O)Nc2ccc(Cl)cc2)nnc1-c1cc(-c2ccc(F)cc2)n[nH]1. The summed E-state index contributed by atoms with van der Waals surface area (Å²) in [7, 11) is 0. The lowest BCUT2D eigenvalue weighted by molar-refractivity contribution is -0.113. The molecular formula is C19H15ClFN7OS. The van der Waals surface area contributed by atoms with Gasteiger partial charge in [0.1, 0.15) is 11.5 Å². The van der Waals surface area contributed by atoms with Crippen LogP contribution in [0.25, 0.3) is 22.8 Å². The number of amides is 1. The Morgan fingerprint density at radius 1 is 1.17 bits per heavy atom. The Morgan fingerprint density at radius 2 is 1.90 bits per heavy atom. The summed E-state index contributed by atoms with van der Waals surface area (Å²) in [4.78, 5) is 12.1. The Bertz CT molecular complexity index is 1170. The van der Waals surface area contributed by atoms with Crippen LogP contribution in [0.2, 0.25) is 5.02 Å². The minimum Gasteiger partial charge on any atom is -0.335 e. The molecule has 0 radical (unpaired) electrons. The first-order chi connectivity index (χ1) is 14.5. The Kier molecular flexibility index (Phi) is 5.68. The molecule has 0 atom stereocenters. The summed E-state index contributed by atoms with van der Waals surface area (Å²) in [5.74, 6) is 6.01. The van der Waals surface area contributed by atoms with Crippen molar-refractivity contribution >= 4 is 35.0 Å². The van der Waals surface area contributed by atoms with Crippen molar-refractivity contribution in [1.29, 1.82) is 0 Å². The lowest BCUT2D eigenvalue weighted by Crippen LogP contribution is -2.16. The van der Waals surface area contributed by atoms with Crippen molar-refractivity contribution in [3.63, 3.8) is 0 Å². The first kappa shape index (κ1) is 19.9. The van der Waals surface area contributed by atoms with Crippen molar-refractivity contribution in [1.82, 2.24) is 25.1 Å². The molecular weight excluding hydrogens is 429 g/mol. The number of aromatic nitrogens is 5. The van der Waals surface area contributed by atoms with Crippen molar-refractivity contribution in [2.45, 2.75) is 5.16 Å². The van der Waals surface area contributed by atoms with Gasteiger partial charge in [-0.2, -0.15) is 5.10 Å². The lowest BCUT2D eigenvalue weighted by atomic mass is 10.1. The fourth-order valence-corrected chi connectivity index (χ4v) is 3.41. The van der Waals surface area contributed by atoms with E-state index < -0.39 is 0 Å². The zero-order chi connectivity index (χ0) is 21.1. The van der Waals surface area contributed by atoms with Crippen LogP contribution in [0.3, 0.4) is 0 Å². The van der Waals surface area contributed by atoms with E-state index >= 15 is 0 Å². The summed E-state index contributed by atoms with van der Waals surface area (Å²) in [6, 6.07) is 14.5. The number of rotatable bonds is 6. The monoisotopic (exact) mass is 443 g/mol. The van der Waals surface area contributed by atoms with E-state index in [1.807, 2.05) is 0 Å². The second kappa shape index (κ2) is 8.56. The second-order valence-electron chi connectivity index (χ2n) is 6.19.